The average Bonchev–Trinajstić information content (AvgIpc) is 2.98. The number of ketones is 1. The van der Waals surface area contributed by atoms with Crippen molar-refractivity contribution in [3.8, 4) is 0 Å². The molecule has 1 heterocycles. The zero-order valence-corrected chi connectivity index (χ0v) is 19.8. The SMILES string of the molecule is CCOC(=O)c1c(C)c(C(=O)CN(Cc2ccc(F)cc2)C(=O)CC(C)C)c(C)n1CC. The maximum Gasteiger partial charge on any atom is 0.355 e. The van der Waals surface area contributed by atoms with Crippen LogP contribution in [-0.2, 0) is 22.6 Å². The van der Waals surface area contributed by atoms with Crippen LogP contribution >= 0.6 is 0 Å². The number of hydrogen-bond donors (Lipinski definition) is 0. The predicted octanol–water partition coefficient (Wildman–Crippen LogP) is 4.70. The molecule has 0 bridgehead atoms. The van der Waals surface area contributed by atoms with Crippen LogP contribution in [0.2, 0.25) is 0 Å². The summed E-state index contributed by atoms with van der Waals surface area (Å²) in [7, 11) is 0. The summed E-state index contributed by atoms with van der Waals surface area (Å²) in [5.74, 6) is -1.07. The molecule has 174 valence electrons. The van der Waals surface area contributed by atoms with Crippen LogP contribution in [0.1, 0.15) is 71.8 Å². The third-order valence-electron chi connectivity index (χ3n) is 5.39. The van der Waals surface area contributed by atoms with E-state index < -0.39 is 5.97 Å². The molecule has 32 heavy (non-hydrogen) atoms. The zero-order valence-electron chi connectivity index (χ0n) is 19.8. The Morgan fingerprint density at radius 2 is 1.72 bits per heavy atom. The molecular formula is C25H33FN2O4. The van der Waals surface area contributed by atoms with E-state index in [2.05, 4.69) is 0 Å². The number of hydrogen-bond acceptors (Lipinski definition) is 4. The molecule has 0 saturated carbocycles. The predicted molar refractivity (Wildman–Crippen MR) is 121 cm³/mol. The Kier molecular flexibility index (Phi) is 8.75. The van der Waals surface area contributed by atoms with Gasteiger partial charge in [0.05, 0.1) is 13.2 Å². The van der Waals surface area contributed by atoms with E-state index in [1.54, 1.807) is 37.5 Å². The van der Waals surface area contributed by atoms with Crippen molar-refractivity contribution in [2.24, 2.45) is 5.92 Å². The molecule has 0 fully saturated rings. The molecule has 0 N–H and O–H groups in total. The first-order valence-electron chi connectivity index (χ1n) is 11.0. The van der Waals surface area contributed by atoms with Crippen LogP contribution in [0, 0.1) is 25.6 Å². The van der Waals surface area contributed by atoms with Crippen molar-refractivity contribution in [2.75, 3.05) is 13.2 Å². The first kappa shape index (κ1) is 25.3. The lowest BCUT2D eigenvalue weighted by Crippen LogP contribution is -2.36. The van der Waals surface area contributed by atoms with Gasteiger partial charge in [-0.3, -0.25) is 9.59 Å². The highest BCUT2D eigenvalue weighted by Crippen LogP contribution is 2.24. The molecule has 7 heteroatoms. The Balaban J connectivity index is 2.39. The number of halogens is 1. The van der Waals surface area contributed by atoms with E-state index in [0.29, 0.717) is 35.5 Å². The average molecular weight is 445 g/mol. The summed E-state index contributed by atoms with van der Waals surface area (Å²) in [6.07, 6.45) is 0.302. The van der Waals surface area contributed by atoms with E-state index in [1.165, 1.54) is 17.0 Å². The van der Waals surface area contributed by atoms with Gasteiger partial charge >= 0.3 is 5.97 Å². The first-order valence-corrected chi connectivity index (χ1v) is 11.0. The Hall–Kier alpha value is -2.96. The van der Waals surface area contributed by atoms with Crippen LogP contribution < -0.4 is 0 Å². The fourth-order valence-corrected chi connectivity index (χ4v) is 3.94. The topological polar surface area (TPSA) is 68.6 Å². The highest BCUT2D eigenvalue weighted by Gasteiger charge is 2.28. The molecule has 0 aliphatic rings. The van der Waals surface area contributed by atoms with Gasteiger partial charge in [0, 0.05) is 30.8 Å². The van der Waals surface area contributed by atoms with Gasteiger partial charge in [-0.25, -0.2) is 9.18 Å². The molecule has 1 aromatic carbocycles. The lowest BCUT2D eigenvalue weighted by molar-refractivity contribution is -0.132. The number of benzene rings is 1. The van der Waals surface area contributed by atoms with Crippen LogP contribution in [0.4, 0.5) is 4.39 Å². The van der Waals surface area contributed by atoms with Crippen LogP contribution in [0.15, 0.2) is 24.3 Å². The Morgan fingerprint density at radius 1 is 1.09 bits per heavy atom. The minimum absolute atomic E-state index is 0.124. The quantitative estimate of drug-likeness (QED) is 0.394. The molecule has 0 spiro atoms. The molecule has 0 atom stereocenters. The van der Waals surface area contributed by atoms with Gasteiger partial charge in [0.25, 0.3) is 0 Å². The second kappa shape index (κ2) is 11.1. The number of aromatic nitrogens is 1. The van der Waals surface area contributed by atoms with E-state index in [9.17, 15) is 18.8 Å². The van der Waals surface area contributed by atoms with E-state index in [-0.39, 0.29) is 43.1 Å². The number of carbonyl (C=O) groups is 3. The molecule has 0 saturated heterocycles. The molecular weight excluding hydrogens is 411 g/mol. The Morgan fingerprint density at radius 3 is 2.25 bits per heavy atom. The van der Waals surface area contributed by atoms with Crippen LogP contribution in [0.5, 0.6) is 0 Å². The lowest BCUT2D eigenvalue weighted by Gasteiger charge is -2.23. The molecule has 2 rings (SSSR count). The summed E-state index contributed by atoms with van der Waals surface area (Å²) in [6.45, 7) is 11.9. The Labute approximate surface area is 189 Å². The number of rotatable bonds is 10. The molecule has 1 amide bonds. The van der Waals surface area contributed by atoms with E-state index in [1.807, 2.05) is 20.8 Å². The van der Waals surface area contributed by atoms with Crippen molar-refractivity contribution in [3.05, 3.63) is 58.2 Å². The maximum absolute atomic E-state index is 13.4. The first-order chi connectivity index (χ1) is 15.1. The van der Waals surface area contributed by atoms with E-state index in [0.717, 1.165) is 5.56 Å². The molecule has 0 aliphatic carbocycles. The number of Topliss-reactive ketones (excluding diaryl/α,β-unsaturated/α-hetero) is 1. The second-order valence-corrected chi connectivity index (χ2v) is 8.30. The van der Waals surface area contributed by atoms with Gasteiger partial charge in [-0.15, -0.1) is 0 Å². The molecule has 2 aromatic rings. The fraction of sp³-hybridized carbons (Fsp3) is 0.480. The normalized spacial score (nSPS) is 11.0. The van der Waals surface area contributed by atoms with Gasteiger partial charge in [0.2, 0.25) is 5.91 Å². The van der Waals surface area contributed by atoms with Crippen molar-refractivity contribution < 1.29 is 23.5 Å². The van der Waals surface area contributed by atoms with Gasteiger partial charge in [-0.1, -0.05) is 26.0 Å². The van der Waals surface area contributed by atoms with Gasteiger partial charge in [0.15, 0.2) is 5.78 Å². The molecule has 1 aromatic heterocycles. The standard InChI is InChI=1S/C25H33FN2O4/c1-7-28-18(6)23(17(5)24(28)25(31)32-8-2)21(29)15-27(22(30)13-16(3)4)14-19-9-11-20(26)12-10-19/h9-12,16H,7-8,13-15H2,1-6H3. The molecule has 6 nitrogen and oxygen atoms in total. The number of nitrogens with zero attached hydrogens (tertiary/aromatic N) is 2. The maximum atomic E-state index is 13.4. The number of amides is 1. The van der Waals surface area contributed by atoms with E-state index >= 15 is 0 Å². The third-order valence-corrected chi connectivity index (χ3v) is 5.39. The molecule has 0 unspecified atom stereocenters. The van der Waals surface area contributed by atoms with Crippen molar-refractivity contribution in [3.63, 3.8) is 0 Å². The summed E-state index contributed by atoms with van der Waals surface area (Å²) in [5.41, 5.74) is 2.79. The van der Waals surface area contributed by atoms with Gasteiger partial charge in [0.1, 0.15) is 11.5 Å². The summed E-state index contributed by atoms with van der Waals surface area (Å²) >= 11 is 0. The van der Waals surface area contributed by atoms with Gasteiger partial charge in [-0.05, 0) is 56.9 Å². The third kappa shape index (κ3) is 5.84. The minimum Gasteiger partial charge on any atom is -0.461 e. The summed E-state index contributed by atoms with van der Waals surface area (Å²) in [5, 5.41) is 0. The summed E-state index contributed by atoms with van der Waals surface area (Å²) < 4.78 is 20.3. The van der Waals surface area contributed by atoms with Crippen molar-refractivity contribution >= 4 is 17.7 Å². The fourth-order valence-electron chi connectivity index (χ4n) is 3.94. The Bertz CT molecular complexity index is 977. The van der Waals surface area contributed by atoms with Crippen molar-refractivity contribution in [1.29, 1.82) is 0 Å². The van der Waals surface area contributed by atoms with Crippen LogP contribution in [-0.4, -0.2) is 40.3 Å². The van der Waals surface area contributed by atoms with Crippen molar-refractivity contribution in [2.45, 2.75) is 61.1 Å². The summed E-state index contributed by atoms with van der Waals surface area (Å²) in [4.78, 5) is 40.3. The minimum atomic E-state index is -0.465. The van der Waals surface area contributed by atoms with Gasteiger partial charge in [-0.2, -0.15) is 0 Å². The van der Waals surface area contributed by atoms with Crippen LogP contribution in [0.25, 0.3) is 0 Å². The van der Waals surface area contributed by atoms with Gasteiger partial charge < -0.3 is 14.2 Å². The lowest BCUT2D eigenvalue weighted by atomic mass is 10.0. The monoisotopic (exact) mass is 444 g/mol. The smallest absolute Gasteiger partial charge is 0.355 e. The van der Waals surface area contributed by atoms with E-state index in [4.69, 9.17) is 4.74 Å². The zero-order chi connectivity index (χ0) is 24.0. The number of carbonyl (C=O) groups excluding carboxylic acids is 3. The second-order valence-electron chi connectivity index (χ2n) is 8.30. The highest BCUT2D eigenvalue weighted by molar-refractivity contribution is 6.04. The number of ether oxygens (including phenoxy) is 1. The molecule has 0 radical (unpaired) electrons. The largest absolute Gasteiger partial charge is 0.461 e. The highest BCUT2D eigenvalue weighted by atomic mass is 19.1. The number of esters is 1. The summed E-state index contributed by atoms with van der Waals surface area (Å²) in [6, 6.07) is 5.89. The van der Waals surface area contributed by atoms with Crippen LogP contribution in [0.3, 0.4) is 0 Å². The van der Waals surface area contributed by atoms with Crippen molar-refractivity contribution in [1.82, 2.24) is 9.47 Å². The molecule has 0 aliphatic heterocycles.